The van der Waals surface area contributed by atoms with Crippen molar-refractivity contribution in [1.82, 2.24) is 5.32 Å². The summed E-state index contributed by atoms with van der Waals surface area (Å²) in [5, 5.41) is 12.1. The van der Waals surface area contributed by atoms with E-state index in [0.29, 0.717) is 0 Å². The number of aliphatic carboxylic acids is 1. The van der Waals surface area contributed by atoms with E-state index in [1.165, 1.54) is 11.3 Å². The molecule has 84 valence electrons. The summed E-state index contributed by atoms with van der Waals surface area (Å²) in [6, 6.07) is 1.40. The second kappa shape index (κ2) is 5.09. The van der Waals surface area contributed by atoms with E-state index in [9.17, 15) is 4.79 Å². The third kappa shape index (κ3) is 3.29. The van der Waals surface area contributed by atoms with Crippen LogP contribution in [0.5, 0.6) is 0 Å². The summed E-state index contributed by atoms with van der Waals surface area (Å²) in [4.78, 5) is 13.0. The lowest BCUT2D eigenvalue weighted by Gasteiger charge is -2.15. The van der Waals surface area contributed by atoms with Crippen molar-refractivity contribution in [2.24, 2.45) is 0 Å². The van der Waals surface area contributed by atoms with Crippen molar-refractivity contribution in [3.63, 3.8) is 0 Å². The van der Waals surface area contributed by atoms with Gasteiger partial charge < -0.3 is 5.11 Å². The van der Waals surface area contributed by atoms with Crippen molar-refractivity contribution in [2.75, 3.05) is 0 Å². The lowest BCUT2D eigenvalue weighted by molar-refractivity contribution is -0.139. The SMILES string of the molecule is Cc1sc(C(NC(C)C)C(=O)O)cc1Br. The zero-order chi connectivity index (χ0) is 11.6. The van der Waals surface area contributed by atoms with Crippen LogP contribution in [0.25, 0.3) is 0 Å². The number of carbonyl (C=O) groups is 1. The highest BCUT2D eigenvalue weighted by molar-refractivity contribution is 9.10. The monoisotopic (exact) mass is 291 g/mol. The van der Waals surface area contributed by atoms with Gasteiger partial charge in [0.05, 0.1) is 0 Å². The summed E-state index contributed by atoms with van der Waals surface area (Å²) in [5.41, 5.74) is 0. The van der Waals surface area contributed by atoms with Gasteiger partial charge in [0.15, 0.2) is 0 Å². The van der Waals surface area contributed by atoms with Crippen molar-refractivity contribution in [1.29, 1.82) is 0 Å². The first-order chi connectivity index (χ1) is 6.91. The summed E-state index contributed by atoms with van der Waals surface area (Å²) >= 11 is 4.89. The largest absolute Gasteiger partial charge is 0.480 e. The van der Waals surface area contributed by atoms with Crippen LogP contribution >= 0.6 is 27.3 Å². The van der Waals surface area contributed by atoms with Gasteiger partial charge in [0.1, 0.15) is 6.04 Å². The Kier molecular flexibility index (Phi) is 4.31. The molecule has 0 fully saturated rings. The van der Waals surface area contributed by atoms with Crippen molar-refractivity contribution in [3.05, 3.63) is 20.3 Å². The Morgan fingerprint density at radius 1 is 1.60 bits per heavy atom. The Morgan fingerprint density at radius 3 is 2.53 bits per heavy atom. The predicted octanol–water partition coefficient (Wildman–Crippen LogP) is 2.94. The quantitative estimate of drug-likeness (QED) is 0.897. The van der Waals surface area contributed by atoms with Gasteiger partial charge in [-0.3, -0.25) is 10.1 Å². The van der Waals surface area contributed by atoms with E-state index < -0.39 is 12.0 Å². The maximum atomic E-state index is 11.1. The third-order valence-electron chi connectivity index (χ3n) is 1.91. The van der Waals surface area contributed by atoms with E-state index in [2.05, 4.69) is 21.2 Å². The number of hydrogen-bond donors (Lipinski definition) is 2. The van der Waals surface area contributed by atoms with Gasteiger partial charge in [-0.25, -0.2) is 0 Å². The molecular formula is C10H14BrNO2S. The molecule has 1 atom stereocenters. The minimum atomic E-state index is -0.836. The summed E-state index contributed by atoms with van der Waals surface area (Å²) in [6.45, 7) is 5.84. The number of carboxylic acids is 1. The maximum absolute atomic E-state index is 11.1. The Hall–Kier alpha value is -0.390. The number of rotatable bonds is 4. The predicted molar refractivity (Wildman–Crippen MR) is 65.4 cm³/mol. The number of thiophene rings is 1. The number of aryl methyl sites for hydroxylation is 1. The molecule has 0 bridgehead atoms. The minimum absolute atomic E-state index is 0.146. The van der Waals surface area contributed by atoms with Crippen LogP contribution in [-0.2, 0) is 4.79 Å². The van der Waals surface area contributed by atoms with Crippen molar-refractivity contribution < 1.29 is 9.90 Å². The molecule has 0 amide bonds. The zero-order valence-corrected chi connectivity index (χ0v) is 11.3. The van der Waals surface area contributed by atoms with Gasteiger partial charge in [0.25, 0.3) is 0 Å². The normalized spacial score (nSPS) is 13.1. The van der Waals surface area contributed by atoms with Gasteiger partial charge >= 0.3 is 5.97 Å². The molecule has 0 saturated carbocycles. The van der Waals surface area contributed by atoms with Crippen LogP contribution in [0.1, 0.15) is 29.6 Å². The van der Waals surface area contributed by atoms with Gasteiger partial charge in [-0.05, 0) is 42.8 Å². The first-order valence-corrected chi connectivity index (χ1v) is 6.27. The molecule has 2 N–H and O–H groups in total. The summed E-state index contributed by atoms with van der Waals surface area (Å²) in [5.74, 6) is -0.836. The Morgan fingerprint density at radius 2 is 2.20 bits per heavy atom. The number of halogens is 1. The van der Waals surface area contributed by atoms with E-state index in [0.717, 1.165) is 14.2 Å². The standard InChI is InChI=1S/C10H14BrNO2S/c1-5(2)12-9(10(13)14)8-4-7(11)6(3)15-8/h4-5,9,12H,1-3H3,(H,13,14). The molecule has 1 unspecified atom stereocenters. The average molecular weight is 292 g/mol. The molecule has 1 aromatic heterocycles. The van der Waals surface area contributed by atoms with Crippen LogP contribution in [0.15, 0.2) is 10.5 Å². The van der Waals surface area contributed by atoms with Gasteiger partial charge in [-0.1, -0.05) is 0 Å². The van der Waals surface area contributed by atoms with Crippen LogP contribution in [0.4, 0.5) is 0 Å². The molecule has 0 aliphatic heterocycles. The molecule has 0 spiro atoms. The van der Waals surface area contributed by atoms with E-state index in [1.54, 1.807) is 0 Å². The van der Waals surface area contributed by atoms with E-state index in [1.807, 2.05) is 26.8 Å². The van der Waals surface area contributed by atoms with E-state index in [4.69, 9.17) is 5.11 Å². The minimum Gasteiger partial charge on any atom is -0.480 e. The summed E-state index contributed by atoms with van der Waals surface area (Å²) in [7, 11) is 0. The molecule has 0 radical (unpaired) electrons. The highest BCUT2D eigenvalue weighted by atomic mass is 79.9. The molecule has 1 aromatic rings. The van der Waals surface area contributed by atoms with Gasteiger partial charge in [0.2, 0.25) is 0 Å². The zero-order valence-electron chi connectivity index (χ0n) is 8.87. The fraction of sp³-hybridized carbons (Fsp3) is 0.500. The average Bonchev–Trinajstić information content (AvgIpc) is 2.42. The third-order valence-corrected chi connectivity index (χ3v) is 4.11. The highest BCUT2D eigenvalue weighted by Crippen LogP contribution is 2.30. The summed E-state index contributed by atoms with van der Waals surface area (Å²) < 4.78 is 0.972. The van der Waals surface area contributed by atoms with Crippen LogP contribution < -0.4 is 5.32 Å². The maximum Gasteiger partial charge on any atom is 0.326 e. The smallest absolute Gasteiger partial charge is 0.326 e. The molecule has 15 heavy (non-hydrogen) atoms. The molecular weight excluding hydrogens is 278 g/mol. The molecule has 0 saturated heterocycles. The molecule has 5 heteroatoms. The fourth-order valence-electron chi connectivity index (χ4n) is 1.23. The van der Waals surface area contributed by atoms with Crippen molar-refractivity contribution >= 4 is 33.2 Å². The number of hydrogen-bond acceptors (Lipinski definition) is 3. The highest BCUT2D eigenvalue weighted by Gasteiger charge is 2.22. The lowest BCUT2D eigenvalue weighted by Crippen LogP contribution is -2.32. The topological polar surface area (TPSA) is 49.3 Å². The second-order valence-electron chi connectivity index (χ2n) is 3.65. The fourth-order valence-corrected chi connectivity index (χ4v) is 2.85. The number of carboxylic acid groups (broad SMARTS) is 1. The molecule has 1 heterocycles. The molecule has 0 aromatic carbocycles. The van der Waals surface area contributed by atoms with Gasteiger partial charge in [0, 0.05) is 20.3 Å². The van der Waals surface area contributed by atoms with Crippen molar-refractivity contribution in [3.8, 4) is 0 Å². The van der Waals surface area contributed by atoms with Crippen LogP contribution in [0, 0.1) is 6.92 Å². The summed E-state index contributed by atoms with van der Waals surface area (Å²) in [6.07, 6.45) is 0. The molecule has 1 rings (SSSR count). The van der Waals surface area contributed by atoms with E-state index in [-0.39, 0.29) is 6.04 Å². The first-order valence-electron chi connectivity index (χ1n) is 4.66. The molecule has 0 aliphatic rings. The lowest BCUT2D eigenvalue weighted by atomic mass is 10.2. The number of nitrogens with one attached hydrogen (secondary N) is 1. The Labute approximate surface area is 102 Å². The second-order valence-corrected chi connectivity index (χ2v) is 5.79. The Bertz CT molecular complexity index is 343. The first kappa shape index (κ1) is 12.7. The van der Waals surface area contributed by atoms with Crippen LogP contribution in [-0.4, -0.2) is 17.1 Å². The molecule has 3 nitrogen and oxygen atoms in total. The van der Waals surface area contributed by atoms with Crippen LogP contribution in [0.3, 0.4) is 0 Å². The van der Waals surface area contributed by atoms with Gasteiger partial charge in [-0.15, -0.1) is 11.3 Å². The van der Waals surface area contributed by atoms with Gasteiger partial charge in [-0.2, -0.15) is 0 Å². The van der Waals surface area contributed by atoms with Crippen LogP contribution in [0.2, 0.25) is 0 Å². The van der Waals surface area contributed by atoms with Crippen molar-refractivity contribution in [2.45, 2.75) is 32.9 Å². The Balaban J connectivity index is 2.94. The molecule has 0 aliphatic carbocycles. The van der Waals surface area contributed by atoms with E-state index >= 15 is 0 Å².